The zero-order valence-electron chi connectivity index (χ0n) is 19.0. The highest BCUT2D eigenvalue weighted by molar-refractivity contribution is 7.76. The summed E-state index contributed by atoms with van der Waals surface area (Å²) in [4.78, 5) is 12.0. The number of phenolic OH excluding ortho intramolecular Hbond substituents is 1. The minimum Gasteiger partial charge on any atom is -0.507 e. The zero-order valence-corrected chi connectivity index (χ0v) is 19.9. The van der Waals surface area contributed by atoms with Crippen LogP contribution in [0.15, 0.2) is 109 Å². The third-order valence-corrected chi connectivity index (χ3v) is 7.66. The predicted molar refractivity (Wildman–Crippen MR) is 139 cm³/mol. The number of hydrogen-bond donors (Lipinski definition) is 1. The maximum Gasteiger partial charge on any atom is 0.337 e. The fourth-order valence-corrected chi connectivity index (χ4v) is 5.87. The molecule has 0 heterocycles. The summed E-state index contributed by atoms with van der Waals surface area (Å²) in [6, 6.07) is 33.1. The summed E-state index contributed by atoms with van der Waals surface area (Å²) in [5.41, 5.74) is 2.75. The van der Waals surface area contributed by atoms with Crippen LogP contribution in [0.2, 0.25) is 0 Å². The van der Waals surface area contributed by atoms with Gasteiger partial charge < -0.3 is 14.6 Å². The number of aromatic hydroxyl groups is 1. The Labute approximate surface area is 200 Å². The number of hydrogen-bond acceptors (Lipinski definition) is 4. The maximum absolute atomic E-state index is 12.0. The van der Waals surface area contributed by atoms with Crippen LogP contribution < -0.4 is 15.3 Å². The molecule has 4 aromatic carbocycles. The number of carbonyl (C=O) groups excluding carboxylic acids is 1. The number of carbonyl (C=O) groups is 1. The number of phenols is 1. The van der Waals surface area contributed by atoms with Crippen molar-refractivity contribution >= 4 is 30.1 Å². The minimum atomic E-state index is -0.911. The second-order valence-electron chi connectivity index (χ2n) is 7.51. The normalized spacial score (nSPS) is 11.3. The lowest BCUT2D eigenvalue weighted by Crippen LogP contribution is -2.10. The van der Waals surface area contributed by atoms with Crippen LogP contribution in [0.3, 0.4) is 0 Å². The SMILES string of the molecule is COC(=O)c1ccc(/C(=C\P(c2ccccc2)c2ccccc2)c2c(O)cccc2OC)cc1. The maximum atomic E-state index is 12.0. The Bertz CT molecular complexity index is 1240. The third kappa shape index (κ3) is 5.03. The smallest absolute Gasteiger partial charge is 0.337 e. The quantitative estimate of drug-likeness (QED) is 0.279. The van der Waals surface area contributed by atoms with E-state index in [1.807, 2.05) is 54.6 Å². The summed E-state index contributed by atoms with van der Waals surface area (Å²) in [5, 5.41) is 13.3. The number of ether oxygens (including phenoxy) is 2. The molecule has 0 unspecified atom stereocenters. The Morgan fingerprint density at radius 1 is 0.735 bits per heavy atom. The van der Waals surface area contributed by atoms with Gasteiger partial charge in [0.15, 0.2) is 0 Å². The summed E-state index contributed by atoms with van der Waals surface area (Å²) in [6.45, 7) is 0. The first kappa shape index (κ1) is 23.3. The fourth-order valence-electron chi connectivity index (χ4n) is 3.75. The van der Waals surface area contributed by atoms with Crippen LogP contribution >= 0.6 is 7.92 Å². The van der Waals surface area contributed by atoms with Gasteiger partial charge in [0.2, 0.25) is 0 Å². The van der Waals surface area contributed by atoms with Crippen molar-refractivity contribution in [3.8, 4) is 11.5 Å². The van der Waals surface area contributed by atoms with Gasteiger partial charge in [-0.3, -0.25) is 0 Å². The third-order valence-electron chi connectivity index (χ3n) is 5.44. The molecule has 34 heavy (non-hydrogen) atoms. The van der Waals surface area contributed by atoms with E-state index in [0.29, 0.717) is 16.9 Å². The molecule has 0 atom stereocenters. The highest BCUT2D eigenvalue weighted by Gasteiger charge is 2.20. The van der Waals surface area contributed by atoms with Crippen molar-refractivity contribution in [2.75, 3.05) is 14.2 Å². The van der Waals surface area contributed by atoms with Gasteiger partial charge in [0.05, 0.1) is 25.3 Å². The van der Waals surface area contributed by atoms with Crippen molar-refractivity contribution in [2.45, 2.75) is 0 Å². The standard InChI is InChI=1S/C29H25O4P/c1-32-27-15-9-14-26(30)28(27)25(21-16-18-22(19-17-21)29(31)33-2)20-34(23-10-5-3-6-11-23)24-12-7-4-8-13-24/h3-20,30H,1-2H3/b25-20+. The predicted octanol–water partition coefficient (Wildman–Crippen LogP) is 5.71. The molecule has 5 heteroatoms. The lowest BCUT2D eigenvalue weighted by Gasteiger charge is -2.20. The van der Waals surface area contributed by atoms with Crippen LogP contribution in [0.25, 0.3) is 5.57 Å². The molecule has 0 aromatic heterocycles. The molecule has 4 aromatic rings. The molecule has 0 saturated carbocycles. The van der Waals surface area contributed by atoms with E-state index in [1.165, 1.54) is 17.7 Å². The van der Waals surface area contributed by atoms with Crippen molar-refractivity contribution in [1.82, 2.24) is 0 Å². The minimum absolute atomic E-state index is 0.124. The Morgan fingerprint density at radius 2 is 1.29 bits per heavy atom. The second-order valence-corrected chi connectivity index (χ2v) is 9.54. The van der Waals surface area contributed by atoms with Crippen molar-refractivity contribution in [2.24, 2.45) is 0 Å². The van der Waals surface area contributed by atoms with E-state index < -0.39 is 13.9 Å². The van der Waals surface area contributed by atoms with Crippen molar-refractivity contribution in [1.29, 1.82) is 0 Å². The molecule has 0 aliphatic heterocycles. The molecule has 4 rings (SSSR count). The fraction of sp³-hybridized carbons (Fsp3) is 0.0690. The molecule has 4 nitrogen and oxygen atoms in total. The molecule has 0 radical (unpaired) electrons. The molecule has 170 valence electrons. The number of esters is 1. The largest absolute Gasteiger partial charge is 0.507 e. The van der Waals surface area contributed by atoms with E-state index in [0.717, 1.165) is 11.1 Å². The number of rotatable bonds is 7. The molecular formula is C29H25O4P. The summed E-state index contributed by atoms with van der Waals surface area (Å²) in [6.07, 6.45) is 0. The van der Waals surface area contributed by atoms with Gasteiger partial charge in [0.1, 0.15) is 11.5 Å². The molecule has 0 bridgehead atoms. The summed E-state index contributed by atoms with van der Waals surface area (Å²) < 4.78 is 10.5. The average Bonchev–Trinajstić information content (AvgIpc) is 2.90. The van der Waals surface area contributed by atoms with Gasteiger partial charge in [0.25, 0.3) is 0 Å². The van der Waals surface area contributed by atoms with Gasteiger partial charge in [-0.05, 0) is 59.7 Å². The Morgan fingerprint density at radius 3 is 1.82 bits per heavy atom. The second kappa shape index (κ2) is 10.8. The van der Waals surface area contributed by atoms with Gasteiger partial charge in [-0.25, -0.2) is 4.79 Å². The zero-order chi connectivity index (χ0) is 23.9. The molecule has 1 N–H and O–H groups in total. The van der Waals surface area contributed by atoms with Crippen LogP contribution in [0, 0.1) is 0 Å². The van der Waals surface area contributed by atoms with E-state index in [1.54, 1.807) is 31.4 Å². The lowest BCUT2D eigenvalue weighted by atomic mass is 9.97. The molecule has 0 saturated heterocycles. The van der Waals surface area contributed by atoms with Crippen LogP contribution in [0.5, 0.6) is 11.5 Å². The Hall–Kier alpha value is -3.88. The molecule has 0 aliphatic rings. The average molecular weight is 468 g/mol. The van der Waals surface area contributed by atoms with E-state index >= 15 is 0 Å². The Balaban J connectivity index is 1.96. The highest BCUT2D eigenvalue weighted by atomic mass is 31.1. The summed E-state index contributed by atoms with van der Waals surface area (Å²) >= 11 is 0. The monoisotopic (exact) mass is 468 g/mol. The lowest BCUT2D eigenvalue weighted by molar-refractivity contribution is 0.0600. The first-order valence-corrected chi connectivity index (χ1v) is 12.2. The van der Waals surface area contributed by atoms with E-state index in [9.17, 15) is 9.90 Å². The van der Waals surface area contributed by atoms with Gasteiger partial charge in [0, 0.05) is 0 Å². The van der Waals surface area contributed by atoms with Crippen molar-refractivity contribution in [3.05, 3.63) is 126 Å². The van der Waals surface area contributed by atoms with E-state index in [2.05, 4.69) is 30.1 Å². The van der Waals surface area contributed by atoms with Gasteiger partial charge in [-0.2, -0.15) is 0 Å². The van der Waals surface area contributed by atoms with Crippen LogP contribution in [0.1, 0.15) is 21.5 Å². The molecular weight excluding hydrogens is 443 g/mol. The Kier molecular flexibility index (Phi) is 7.41. The van der Waals surface area contributed by atoms with E-state index in [4.69, 9.17) is 9.47 Å². The summed E-state index contributed by atoms with van der Waals surface area (Å²) in [7, 11) is 2.04. The first-order valence-electron chi connectivity index (χ1n) is 10.8. The van der Waals surface area contributed by atoms with Crippen molar-refractivity contribution in [3.63, 3.8) is 0 Å². The molecule has 0 spiro atoms. The summed E-state index contributed by atoms with van der Waals surface area (Å²) in [5.74, 6) is 2.50. The highest BCUT2D eigenvalue weighted by Crippen LogP contribution is 2.45. The van der Waals surface area contributed by atoms with Gasteiger partial charge in [-0.15, -0.1) is 0 Å². The van der Waals surface area contributed by atoms with Crippen LogP contribution in [0.4, 0.5) is 0 Å². The van der Waals surface area contributed by atoms with Crippen molar-refractivity contribution < 1.29 is 19.4 Å². The number of benzene rings is 4. The van der Waals surface area contributed by atoms with Gasteiger partial charge >= 0.3 is 5.97 Å². The topological polar surface area (TPSA) is 55.8 Å². The first-order chi connectivity index (χ1) is 16.6. The van der Waals surface area contributed by atoms with Crippen LogP contribution in [-0.2, 0) is 4.74 Å². The van der Waals surface area contributed by atoms with Crippen LogP contribution in [-0.4, -0.2) is 25.3 Å². The van der Waals surface area contributed by atoms with Gasteiger partial charge in [-0.1, -0.05) is 78.9 Å². The molecule has 0 fully saturated rings. The van der Waals surface area contributed by atoms with E-state index in [-0.39, 0.29) is 5.75 Å². The molecule has 0 amide bonds. The molecule has 0 aliphatic carbocycles. The number of methoxy groups -OCH3 is 2.